The first-order chi connectivity index (χ1) is 6.76. The quantitative estimate of drug-likeness (QED) is 0.647. The Kier molecular flexibility index (Phi) is 4.60. The van der Waals surface area contributed by atoms with Gasteiger partial charge in [0.25, 0.3) is 0 Å². The van der Waals surface area contributed by atoms with Gasteiger partial charge in [-0.1, -0.05) is 13.5 Å². The van der Waals surface area contributed by atoms with Crippen molar-refractivity contribution in [3.05, 3.63) is 34.7 Å². The van der Waals surface area contributed by atoms with Crippen LogP contribution in [0.2, 0.25) is 0 Å². The van der Waals surface area contributed by atoms with Crippen LogP contribution in [0.4, 0.5) is 0 Å². The molecule has 0 aliphatic rings. The molecule has 0 atom stereocenters. The van der Waals surface area contributed by atoms with Gasteiger partial charge in [0.05, 0.1) is 0 Å². The van der Waals surface area contributed by atoms with Crippen molar-refractivity contribution in [1.29, 1.82) is 0 Å². The molecule has 1 aromatic rings. The first-order valence-electron chi connectivity index (χ1n) is 4.96. The fraction of sp³-hybridized carbons (Fsp3) is 0.417. The van der Waals surface area contributed by atoms with Crippen LogP contribution in [0, 0.1) is 6.92 Å². The molecule has 0 saturated heterocycles. The Hall–Kier alpha value is -0.890. The Labute approximate surface area is 90.2 Å². The molecule has 0 unspecified atom stereocenters. The number of hydrogen-bond acceptors (Lipinski definition) is 2. The predicted octanol–water partition coefficient (Wildman–Crippen LogP) is 3.98. The lowest BCUT2D eigenvalue weighted by atomic mass is 10.1. The van der Waals surface area contributed by atoms with Gasteiger partial charge in [-0.2, -0.15) is 0 Å². The van der Waals surface area contributed by atoms with E-state index in [1.54, 1.807) is 6.20 Å². The van der Waals surface area contributed by atoms with E-state index in [0.717, 1.165) is 19.3 Å². The monoisotopic (exact) mass is 207 g/mol. The van der Waals surface area contributed by atoms with E-state index in [1.165, 1.54) is 16.2 Å². The minimum atomic E-state index is 1.02. The first-order valence-corrected chi connectivity index (χ1v) is 5.84. The second-order valence-corrected chi connectivity index (χ2v) is 4.41. The van der Waals surface area contributed by atoms with Crippen molar-refractivity contribution in [2.75, 3.05) is 0 Å². The van der Waals surface area contributed by atoms with Crippen LogP contribution in [-0.2, 0) is 6.42 Å². The van der Waals surface area contributed by atoms with Gasteiger partial charge in [0, 0.05) is 16.8 Å². The number of aryl methyl sites for hydroxylation is 2. The van der Waals surface area contributed by atoms with E-state index in [0.29, 0.717) is 0 Å². The molecular formula is C12H17NS. The molecule has 0 fully saturated rings. The summed E-state index contributed by atoms with van der Waals surface area (Å²) in [6.45, 7) is 7.91. The van der Waals surface area contributed by atoms with Gasteiger partial charge in [0.15, 0.2) is 0 Å². The maximum Gasteiger partial charge on any atom is 0.0195 e. The summed E-state index contributed by atoms with van der Waals surface area (Å²) in [6, 6.07) is 2.26. The van der Waals surface area contributed by atoms with Crippen molar-refractivity contribution in [3.8, 4) is 0 Å². The Morgan fingerprint density at radius 3 is 2.93 bits per heavy atom. The zero-order chi connectivity index (χ0) is 10.4. The number of thiophene rings is 1. The van der Waals surface area contributed by atoms with Gasteiger partial charge in [-0.15, -0.1) is 11.3 Å². The van der Waals surface area contributed by atoms with Gasteiger partial charge in [0.1, 0.15) is 0 Å². The fourth-order valence-corrected chi connectivity index (χ4v) is 2.12. The molecule has 0 saturated carbocycles. The summed E-state index contributed by atoms with van der Waals surface area (Å²) in [5, 5.41) is 2.23. The lowest BCUT2D eigenvalue weighted by Gasteiger charge is -2.00. The maximum absolute atomic E-state index is 4.25. The molecule has 1 rings (SSSR count). The van der Waals surface area contributed by atoms with Crippen LogP contribution in [0.15, 0.2) is 29.2 Å². The third-order valence-corrected chi connectivity index (χ3v) is 3.08. The summed E-state index contributed by atoms with van der Waals surface area (Å²) < 4.78 is 0. The molecule has 14 heavy (non-hydrogen) atoms. The highest BCUT2D eigenvalue weighted by Gasteiger charge is 1.99. The van der Waals surface area contributed by atoms with Crippen molar-refractivity contribution >= 4 is 17.0 Å². The molecule has 76 valence electrons. The van der Waals surface area contributed by atoms with E-state index < -0.39 is 0 Å². The van der Waals surface area contributed by atoms with Crippen LogP contribution in [0.5, 0.6) is 0 Å². The van der Waals surface area contributed by atoms with Gasteiger partial charge in [-0.05, 0) is 43.2 Å². The smallest absolute Gasteiger partial charge is 0.0195 e. The summed E-state index contributed by atoms with van der Waals surface area (Å²) in [5.41, 5.74) is 2.67. The van der Waals surface area contributed by atoms with Crippen molar-refractivity contribution in [2.45, 2.75) is 33.1 Å². The summed E-state index contributed by atoms with van der Waals surface area (Å²) in [6.07, 6.45) is 4.82. The van der Waals surface area contributed by atoms with Crippen LogP contribution in [0.25, 0.3) is 0 Å². The van der Waals surface area contributed by atoms with Crippen LogP contribution in [0.1, 0.15) is 30.2 Å². The average Bonchev–Trinajstić information content (AvgIpc) is 2.59. The zero-order valence-electron chi connectivity index (χ0n) is 8.92. The summed E-state index contributed by atoms with van der Waals surface area (Å²) >= 11 is 1.82. The largest absolute Gasteiger partial charge is 0.266 e. The second kappa shape index (κ2) is 5.76. The standard InChI is InChI=1S/C12H17NS/c1-4-12(13-5-2)7-6-11-8-10(3)14-9-11/h5,8-9H,2,4,6-7H2,1,3H3. The van der Waals surface area contributed by atoms with Crippen molar-refractivity contribution in [3.63, 3.8) is 0 Å². The van der Waals surface area contributed by atoms with Crippen LogP contribution in [0.3, 0.4) is 0 Å². The number of rotatable bonds is 5. The molecule has 2 heteroatoms. The second-order valence-electron chi connectivity index (χ2n) is 3.30. The van der Waals surface area contributed by atoms with Crippen LogP contribution < -0.4 is 0 Å². The minimum Gasteiger partial charge on any atom is -0.266 e. The molecule has 0 bridgehead atoms. The molecule has 0 spiro atoms. The van der Waals surface area contributed by atoms with Crippen LogP contribution in [-0.4, -0.2) is 5.71 Å². The van der Waals surface area contributed by atoms with Gasteiger partial charge in [-0.3, -0.25) is 4.99 Å². The highest BCUT2D eigenvalue weighted by Crippen LogP contribution is 2.15. The molecule has 0 aliphatic carbocycles. The molecule has 0 amide bonds. The van der Waals surface area contributed by atoms with E-state index in [4.69, 9.17) is 0 Å². The normalized spacial score (nSPS) is 11.7. The predicted molar refractivity (Wildman–Crippen MR) is 65.3 cm³/mol. The van der Waals surface area contributed by atoms with E-state index in [1.807, 2.05) is 11.3 Å². The van der Waals surface area contributed by atoms with E-state index >= 15 is 0 Å². The Morgan fingerprint density at radius 1 is 1.64 bits per heavy atom. The molecule has 0 aliphatic heterocycles. The average molecular weight is 207 g/mol. The molecular weight excluding hydrogens is 190 g/mol. The van der Waals surface area contributed by atoms with Gasteiger partial charge in [-0.25, -0.2) is 0 Å². The van der Waals surface area contributed by atoms with Crippen LogP contribution >= 0.6 is 11.3 Å². The highest BCUT2D eigenvalue weighted by molar-refractivity contribution is 7.10. The fourth-order valence-electron chi connectivity index (χ4n) is 1.38. The summed E-state index contributed by atoms with van der Waals surface area (Å²) in [5.74, 6) is 0. The van der Waals surface area contributed by atoms with Gasteiger partial charge in [0.2, 0.25) is 0 Å². The van der Waals surface area contributed by atoms with Gasteiger partial charge < -0.3 is 0 Å². The highest BCUT2D eigenvalue weighted by atomic mass is 32.1. The van der Waals surface area contributed by atoms with Crippen molar-refractivity contribution in [1.82, 2.24) is 0 Å². The zero-order valence-corrected chi connectivity index (χ0v) is 9.73. The Balaban J connectivity index is 2.47. The number of aliphatic imine (C=N–C) groups is 1. The number of nitrogens with zero attached hydrogens (tertiary/aromatic N) is 1. The van der Waals surface area contributed by atoms with E-state index in [-0.39, 0.29) is 0 Å². The SMILES string of the molecule is C=CN=C(CC)CCc1csc(C)c1. The first kappa shape index (κ1) is 11.2. The number of hydrogen-bond donors (Lipinski definition) is 0. The molecule has 0 N–H and O–H groups in total. The molecule has 0 aromatic carbocycles. The third-order valence-electron chi connectivity index (χ3n) is 2.17. The molecule has 0 radical (unpaired) electrons. The summed E-state index contributed by atoms with van der Waals surface area (Å²) in [7, 11) is 0. The van der Waals surface area contributed by atoms with E-state index in [9.17, 15) is 0 Å². The van der Waals surface area contributed by atoms with Crippen molar-refractivity contribution < 1.29 is 0 Å². The maximum atomic E-state index is 4.25. The topological polar surface area (TPSA) is 12.4 Å². The lowest BCUT2D eigenvalue weighted by molar-refractivity contribution is 1.01. The van der Waals surface area contributed by atoms with E-state index in [2.05, 4.69) is 36.9 Å². The minimum absolute atomic E-state index is 1.02. The molecule has 1 aromatic heterocycles. The Bertz CT molecular complexity index is 323. The van der Waals surface area contributed by atoms with Gasteiger partial charge >= 0.3 is 0 Å². The molecule has 1 nitrogen and oxygen atoms in total. The summed E-state index contributed by atoms with van der Waals surface area (Å²) in [4.78, 5) is 5.64. The third kappa shape index (κ3) is 3.46. The molecule has 1 heterocycles. The Morgan fingerprint density at radius 2 is 2.43 bits per heavy atom. The lowest BCUT2D eigenvalue weighted by Crippen LogP contribution is -1.97. The van der Waals surface area contributed by atoms with Crippen molar-refractivity contribution in [2.24, 2.45) is 4.99 Å².